The summed E-state index contributed by atoms with van der Waals surface area (Å²) in [6.07, 6.45) is 3.13. The summed E-state index contributed by atoms with van der Waals surface area (Å²) in [6, 6.07) is 4.56. The van der Waals surface area contributed by atoms with Crippen molar-refractivity contribution in [3.05, 3.63) is 39.4 Å². The summed E-state index contributed by atoms with van der Waals surface area (Å²) < 4.78 is 1.58. The molecule has 0 saturated carbocycles. The molecular weight excluding hydrogens is 392 g/mol. The fraction of sp³-hybridized carbons (Fsp3) is 0.571. The number of hydrogen-bond acceptors (Lipinski definition) is 4. The third kappa shape index (κ3) is 4.20. The molecular formula is C21H29ClN4O3. The van der Waals surface area contributed by atoms with Crippen LogP contribution in [-0.2, 0) is 0 Å². The average molecular weight is 421 g/mol. The molecule has 0 radical (unpaired) electrons. The van der Waals surface area contributed by atoms with E-state index in [4.69, 9.17) is 16.6 Å². The Hall–Kier alpha value is -2.28. The van der Waals surface area contributed by atoms with Gasteiger partial charge in [-0.3, -0.25) is 9.69 Å². The van der Waals surface area contributed by atoms with Crippen molar-refractivity contribution in [2.45, 2.75) is 65.0 Å². The standard InChI is InChI=1S/C21H29ClN4O3/c1-14(25(20(28)29)21(2,3)4)18-23-16-11-9-10-15(22)17(16)19(27)26(18)24-12-7-5-6-8-13-24/h9-11,14H,5-8,12-13H2,1-4H3,(H,28,29). The first kappa shape index (κ1) is 21.4. The van der Waals surface area contributed by atoms with E-state index in [0.29, 0.717) is 21.7 Å². The molecule has 7 nitrogen and oxygen atoms in total. The van der Waals surface area contributed by atoms with Crippen LogP contribution < -0.4 is 10.6 Å². The quantitative estimate of drug-likeness (QED) is 0.796. The molecule has 1 N–H and O–H groups in total. The van der Waals surface area contributed by atoms with Gasteiger partial charge in [-0.25, -0.2) is 14.5 Å². The Labute approximate surface area is 175 Å². The second-order valence-corrected chi connectivity index (χ2v) is 9.00. The van der Waals surface area contributed by atoms with Crippen LogP contribution in [0.15, 0.2) is 23.0 Å². The van der Waals surface area contributed by atoms with Crippen LogP contribution >= 0.6 is 11.6 Å². The van der Waals surface area contributed by atoms with E-state index in [9.17, 15) is 14.7 Å². The van der Waals surface area contributed by atoms with Crippen LogP contribution in [0.2, 0.25) is 5.02 Å². The number of rotatable bonds is 3. The minimum Gasteiger partial charge on any atom is -0.465 e. The van der Waals surface area contributed by atoms with E-state index in [1.165, 1.54) is 4.90 Å². The van der Waals surface area contributed by atoms with E-state index in [0.717, 1.165) is 38.8 Å². The molecule has 0 spiro atoms. The Balaban J connectivity index is 2.28. The molecule has 1 aromatic heterocycles. The Morgan fingerprint density at radius 1 is 1.21 bits per heavy atom. The van der Waals surface area contributed by atoms with Crippen molar-refractivity contribution in [3.8, 4) is 0 Å². The fourth-order valence-corrected chi connectivity index (χ4v) is 4.40. The second kappa shape index (κ2) is 8.22. The van der Waals surface area contributed by atoms with Gasteiger partial charge in [0.15, 0.2) is 5.82 Å². The zero-order chi connectivity index (χ0) is 21.3. The molecule has 2 aromatic rings. The molecule has 1 unspecified atom stereocenters. The molecule has 1 atom stereocenters. The van der Waals surface area contributed by atoms with Crippen LogP contribution in [0, 0.1) is 0 Å². The van der Waals surface area contributed by atoms with Gasteiger partial charge < -0.3 is 10.1 Å². The minimum absolute atomic E-state index is 0.247. The van der Waals surface area contributed by atoms with Crippen molar-refractivity contribution in [2.24, 2.45) is 0 Å². The van der Waals surface area contributed by atoms with E-state index in [2.05, 4.69) is 0 Å². The minimum atomic E-state index is -1.05. The third-order valence-corrected chi connectivity index (χ3v) is 5.72. The van der Waals surface area contributed by atoms with Crippen LogP contribution in [0.5, 0.6) is 0 Å². The number of nitrogens with zero attached hydrogens (tertiary/aromatic N) is 4. The van der Waals surface area contributed by atoms with Gasteiger partial charge in [-0.05, 0) is 52.7 Å². The van der Waals surface area contributed by atoms with Crippen molar-refractivity contribution < 1.29 is 9.90 Å². The van der Waals surface area contributed by atoms with Gasteiger partial charge in [-0.1, -0.05) is 30.5 Å². The zero-order valence-electron chi connectivity index (χ0n) is 17.5. The Morgan fingerprint density at radius 2 is 1.83 bits per heavy atom. The maximum atomic E-state index is 13.6. The fourth-order valence-electron chi connectivity index (χ4n) is 4.15. The molecule has 1 fully saturated rings. The van der Waals surface area contributed by atoms with Crippen molar-refractivity contribution in [1.29, 1.82) is 0 Å². The molecule has 158 valence electrons. The van der Waals surface area contributed by atoms with Crippen molar-refractivity contribution >= 4 is 28.6 Å². The molecule has 1 aliphatic heterocycles. The first-order valence-electron chi connectivity index (χ1n) is 10.1. The van der Waals surface area contributed by atoms with Gasteiger partial charge in [0.1, 0.15) is 0 Å². The number of hydrogen-bond donors (Lipinski definition) is 1. The molecule has 29 heavy (non-hydrogen) atoms. The highest BCUT2D eigenvalue weighted by Gasteiger charge is 2.35. The van der Waals surface area contributed by atoms with Gasteiger partial charge in [-0.15, -0.1) is 0 Å². The van der Waals surface area contributed by atoms with Gasteiger partial charge >= 0.3 is 6.09 Å². The molecule has 1 amide bonds. The van der Waals surface area contributed by atoms with Crippen molar-refractivity contribution in [3.63, 3.8) is 0 Å². The SMILES string of the molecule is CC(c1nc2cccc(Cl)c2c(=O)n1N1CCCCCC1)N(C(=O)O)C(C)(C)C. The number of fused-ring (bicyclic) bond motifs is 1. The average Bonchev–Trinajstić information content (AvgIpc) is 2.89. The number of amides is 1. The van der Waals surface area contributed by atoms with Crippen molar-refractivity contribution in [2.75, 3.05) is 18.1 Å². The predicted octanol–water partition coefficient (Wildman–Crippen LogP) is 4.40. The van der Waals surface area contributed by atoms with Gasteiger partial charge in [0.2, 0.25) is 0 Å². The number of carbonyl (C=O) groups is 1. The summed E-state index contributed by atoms with van der Waals surface area (Å²) in [5, 5.41) is 12.6. The van der Waals surface area contributed by atoms with Gasteiger partial charge in [0.25, 0.3) is 5.56 Å². The van der Waals surface area contributed by atoms with Crippen LogP contribution in [0.1, 0.15) is 65.2 Å². The zero-order valence-corrected chi connectivity index (χ0v) is 18.2. The lowest BCUT2D eigenvalue weighted by Gasteiger charge is -2.39. The van der Waals surface area contributed by atoms with Gasteiger partial charge in [0, 0.05) is 18.6 Å². The molecule has 1 aliphatic rings. The smallest absolute Gasteiger partial charge is 0.408 e. The Bertz CT molecular complexity index is 959. The summed E-state index contributed by atoms with van der Waals surface area (Å²) >= 11 is 6.35. The number of aromatic nitrogens is 2. The highest BCUT2D eigenvalue weighted by molar-refractivity contribution is 6.35. The van der Waals surface area contributed by atoms with Gasteiger partial charge in [-0.2, -0.15) is 0 Å². The largest absolute Gasteiger partial charge is 0.465 e. The lowest BCUT2D eigenvalue weighted by molar-refractivity contribution is 0.0710. The summed E-state index contributed by atoms with van der Waals surface area (Å²) in [6.45, 7) is 8.74. The molecule has 1 aromatic carbocycles. The van der Waals surface area contributed by atoms with E-state index in [1.54, 1.807) is 29.8 Å². The van der Waals surface area contributed by atoms with Crippen LogP contribution in [0.25, 0.3) is 10.9 Å². The van der Waals surface area contributed by atoms with Gasteiger partial charge in [0.05, 0.1) is 22.0 Å². The second-order valence-electron chi connectivity index (χ2n) is 8.59. The summed E-state index contributed by atoms with van der Waals surface area (Å²) in [4.78, 5) is 31.7. The molecule has 2 heterocycles. The highest BCUT2D eigenvalue weighted by Crippen LogP contribution is 2.29. The molecule has 0 bridgehead atoms. The topological polar surface area (TPSA) is 78.7 Å². The lowest BCUT2D eigenvalue weighted by atomic mass is 10.0. The predicted molar refractivity (Wildman–Crippen MR) is 115 cm³/mol. The van der Waals surface area contributed by atoms with Crippen LogP contribution in [-0.4, -0.2) is 44.4 Å². The summed E-state index contributed by atoms with van der Waals surface area (Å²) in [5.74, 6) is 0.420. The lowest BCUT2D eigenvalue weighted by Crippen LogP contribution is -2.51. The molecule has 3 rings (SSSR count). The molecule has 0 aliphatic carbocycles. The normalized spacial score (nSPS) is 16.5. The number of benzene rings is 1. The first-order chi connectivity index (χ1) is 13.6. The third-order valence-electron chi connectivity index (χ3n) is 5.40. The highest BCUT2D eigenvalue weighted by atomic mass is 35.5. The van der Waals surface area contributed by atoms with E-state index < -0.39 is 17.7 Å². The Morgan fingerprint density at radius 3 is 2.38 bits per heavy atom. The molecule has 1 saturated heterocycles. The van der Waals surface area contributed by atoms with E-state index in [-0.39, 0.29) is 5.56 Å². The van der Waals surface area contributed by atoms with Crippen LogP contribution in [0.4, 0.5) is 4.79 Å². The monoisotopic (exact) mass is 420 g/mol. The summed E-state index contributed by atoms with van der Waals surface area (Å²) in [7, 11) is 0. The maximum Gasteiger partial charge on any atom is 0.408 e. The van der Waals surface area contributed by atoms with E-state index in [1.807, 2.05) is 25.8 Å². The van der Waals surface area contributed by atoms with Crippen LogP contribution in [0.3, 0.4) is 0 Å². The Kier molecular flexibility index (Phi) is 6.08. The van der Waals surface area contributed by atoms with Crippen molar-refractivity contribution in [1.82, 2.24) is 14.6 Å². The number of halogens is 1. The summed E-state index contributed by atoms with van der Waals surface area (Å²) in [5.41, 5.74) is -0.422. The first-order valence-corrected chi connectivity index (χ1v) is 10.5. The number of carboxylic acid groups (broad SMARTS) is 1. The van der Waals surface area contributed by atoms with E-state index >= 15 is 0 Å². The molecule has 8 heteroatoms. The maximum absolute atomic E-state index is 13.6.